The summed E-state index contributed by atoms with van der Waals surface area (Å²) in [4.78, 5) is 22.6. The van der Waals surface area contributed by atoms with Crippen molar-refractivity contribution in [3.8, 4) is 5.75 Å². The number of hydrogen-bond donors (Lipinski definition) is 4. The maximum absolute atomic E-state index is 11.0. The Labute approximate surface area is 220 Å². The molecule has 2 fully saturated rings. The summed E-state index contributed by atoms with van der Waals surface area (Å²) in [6.45, 7) is 4.75. The Kier molecular flexibility index (Phi) is 8.05. The van der Waals surface area contributed by atoms with Gasteiger partial charge in [-0.05, 0) is 67.4 Å². The Morgan fingerprint density at radius 1 is 1.24 bits per heavy atom. The average molecular weight is 517 g/mol. The number of rotatable bonds is 9. The molecule has 2 aliphatic rings. The topological polar surface area (TPSA) is 151 Å². The summed E-state index contributed by atoms with van der Waals surface area (Å²) in [6, 6.07) is 9.68. The van der Waals surface area contributed by atoms with Crippen molar-refractivity contribution < 1.29 is 9.47 Å². The van der Waals surface area contributed by atoms with Crippen molar-refractivity contribution in [2.45, 2.75) is 25.5 Å². The average Bonchev–Trinajstić information content (AvgIpc) is 2.95. The number of piperidine rings is 1. The van der Waals surface area contributed by atoms with Gasteiger partial charge in [0.15, 0.2) is 0 Å². The Hall–Kier alpha value is -4.09. The number of morpholine rings is 1. The zero-order chi connectivity index (χ0) is 26.3. The summed E-state index contributed by atoms with van der Waals surface area (Å²) in [5, 5.41) is 18.3. The molecule has 0 atom stereocenters. The standard InChI is InChI=1S/C27H32N8O3/c28-14-21(15-29)19-11-20-17-31-27(34-26(20)25(12-19)38-24-1-3-30-4-2-24)33-22-9-18(16-32-36)10-23(13-22)35-5-7-37-8-6-35/h9-15,17,24,28,30H,1-8,16,29H2,(H,31,33,34)/b21-15+,28-14?. The van der Waals surface area contributed by atoms with E-state index in [2.05, 4.69) is 25.7 Å². The molecule has 0 spiro atoms. The van der Waals surface area contributed by atoms with Gasteiger partial charge in [0.2, 0.25) is 5.95 Å². The quantitative estimate of drug-likeness (QED) is 0.247. The molecule has 3 aromatic rings. The predicted octanol–water partition coefficient (Wildman–Crippen LogP) is 3.56. The molecule has 2 saturated heterocycles. The third-order valence-corrected chi connectivity index (χ3v) is 6.75. The second kappa shape index (κ2) is 12.0. The van der Waals surface area contributed by atoms with Gasteiger partial charge in [-0.2, -0.15) is 4.91 Å². The molecule has 0 unspecified atom stereocenters. The second-order valence-corrected chi connectivity index (χ2v) is 9.34. The third-order valence-electron chi connectivity index (χ3n) is 6.75. The fourth-order valence-corrected chi connectivity index (χ4v) is 4.80. The molecular weight excluding hydrogens is 484 g/mol. The number of hydrogen-bond acceptors (Lipinski definition) is 11. The Bertz CT molecular complexity index is 1330. The molecule has 3 heterocycles. The van der Waals surface area contributed by atoms with Gasteiger partial charge < -0.3 is 36.2 Å². The van der Waals surface area contributed by atoms with E-state index < -0.39 is 0 Å². The van der Waals surface area contributed by atoms with Crippen LogP contribution in [0.2, 0.25) is 0 Å². The lowest BCUT2D eigenvalue weighted by atomic mass is 10.0. The molecule has 0 bridgehead atoms. The first-order valence-electron chi connectivity index (χ1n) is 12.8. The fourth-order valence-electron chi connectivity index (χ4n) is 4.80. The maximum Gasteiger partial charge on any atom is 0.227 e. The van der Waals surface area contributed by atoms with Gasteiger partial charge >= 0.3 is 0 Å². The summed E-state index contributed by atoms with van der Waals surface area (Å²) in [5.41, 5.74) is 10.4. The molecule has 11 heteroatoms. The van der Waals surface area contributed by atoms with Crippen LogP contribution in [0, 0.1) is 10.3 Å². The molecule has 2 aliphatic heterocycles. The molecule has 0 radical (unpaired) electrons. The van der Waals surface area contributed by atoms with E-state index in [-0.39, 0.29) is 12.6 Å². The fraction of sp³-hybridized carbons (Fsp3) is 0.370. The van der Waals surface area contributed by atoms with E-state index in [1.165, 1.54) is 12.4 Å². The van der Waals surface area contributed by atoms with Crippen LogP contribution in [0.4, 0.5) is 17.3 Å². The lowest BCUT2D eigenvalue weighted by Gasteiger charge is -2.29. The zero-order valence-corrected chi connectivity index (χ0v) is 21.2. The summed E-state index contributed by atoms with van der Waals surface area (Å²) in [6.07, 6.45) is 6.23. The van der Waals surface area contributed by atoms with E-state index in [1.54, 1.807) is 6.20 Å². The van der Waals surface area contributed by atoms with Crippen LogP contribution in [0.1, 0.15) is 24.0 Å². The number of ether oxygens (including phenoxy) is 2. The van der Waals surface area contributed by atoms with E-state index >= 15 is 0 Å². The Morgan fingerprint density at radius 2 is 2.05 bits per heavy atom. The summed E-state index contributed by atoms with van der Waals surface area (Å²) >= 11 is 0. The lowest BCUT2D eigenvalue weighted by molar-refractivity contribution is 0.122. The van der Waals surface area contributed by atoms with Crippen molar-refractivity contribution in [1.29, 1.82) is 5.41 Å². The second-order valence-electron chi connectivity index (χ2n) is 9.34. The summed E-state index contributed by atoms with van der Waals surface area (Å²) in [7, 11) is 0. The van der Waals surface area contributed by atoms with Gasteiger partial charge in [-0.25, -0.2) is 9.97 Å². The Balaban J connectivity index is 1.50. The Morgan fingerprint density at radius 3 is 2.79 bits per heavy atom. The summed E-state index contributed by atoms with van der Waals surface area (Å²) < 4.78 is 11.9. The first-order chi connectivity index (χ1) is 18.7. The highest BCUT2D eigenvalue weighted by Gasteiger charge is 2.19. The van der Waals surface area contributed by atoms with Crippen LogP contribution < -0.4 is 26.0 Å². The van der Waals surface area contributed by atoms with E-state index in [0.717, 1.165) is 66.9 Å². The largest absolute Gasteiger partial charge is 0.488 e. The number of nitrogens with one attached hydrogen (secondary N) is 3. The smallest absolute Gasteiger partial charge is 0.227 e. The van der Waals surface area contributed by atoms with Crippen molar-refractivity contribution in [1.82, 2.24) is 15.3 Å². The number of allylic oxidation sites excluding steroid dienone is 1. The van der Waals surface area contributed by atoms with Gasteiger partial charge in [0.1, 0.15) is 23.9 Å². The highest BCUT2D eigenvalue weighted by molar-refractivity contribution is 6.09. The highest BCUT2D eigenvalue weighted by atomic mass is 16.5. The maximum atomic E-state index is 11.0. The van der Waals surface area contributed by atoms with E-state index in [1.807, 2.05) is 30.3 Å². The minimum absolute atomic E-state index is 0.0648. The molecule has 0 aliphatic carbocycles. The van der Waals surface area contributed by atoms with Crippen molar-refractivity contribution in [3.63, 3.8) is 0 Å². The zero-order valence-electron chi connectivity index (χ0n) is 21.2. The van der Waals surface area contributed by atoms with E-state index in [4.69, 9.17) is 25.6 Å². The molecule has 38 heavy (non-hydrogen) atoms. The summed E-state index contributed by atoms with van der Waals surface area (Å²) in [5.74, 6) is 1.04. The lowest BCUT2D eigenvalue weighted by Crippen LogP contribution is -2.36. The molecule has 0 amide bonds. The van der Waals surface area contributed by atoms with Crippen molar-refractivity contribution in [2.75, 3.05) is 49.6 Å². The van der Waals surface area contributed by atoms with Crippen molar-refractivity contribution in [3.05, 3.63) is 58.8 Å². The van der Waals surface area contributed by atoms with Gasteiger partial charge in [0, 0.05) is 54.0 Å². The van der Waals surface area contributed by atoms with Crippen LogP contribution in [0.15, 0.2) is 47.9 Å². The molecule has 5 N–H and O–H groups in total. The highest BCUT2D eigenvalue weighted by Crippen LogP contribution is 2.32. The molecular formula is C27H32N8O3. The SMILES string of the molecule is N=C/C(=C\N)c1cc(OC2CCNCC2)c2nc(Nc3cc(CN=O)cc(N4CCOCC4)c3)ncc2c1. The number of nitrogens with zero attached hydrogens (tertiary/aromatic N) is 4. The van der Waals surface area contributed by atoms with Gasteiger partial charge in [-0.15, -0.1) is 0 Å². The number of benzene rings is 2. The molecule has 5 rings (SSSR count). The minimum Gasteiger partial charge on any atom is -0.488 e. The van der Waals surface area contributed by atoms with Crippen LogP contribution in [0.3, 0.4) is 0 Å². The van der Waals surface area contributed by atoms with Crippen LogP contribution in [0.25, 0.3) is 16.5 Å². The molecule has 2 aromatic carbocycles. The van der Waals surface area contributed by atoms with Crippen LogP contribution in [-0.4, -0.2) is 61.7 Å². The van der Waals surface area contributed by atoms with E-state index in [0.29, 0.717) is 36.0 Å². The molecule has 1 aromatic heterocycles. The first-order valence-corrected chi connectivity index (χ1v) is 12.8. The number of nitroso groups, excluding NO2 is 1. The van der Waals surface area contributed by atoms with Crippen molar-refractivity contribution in [2.24, 2.45) is 10.9 Å². The first kappa shape index (κ1) is 25.6. The van der Waals surface area contributed by atoms with Crippen LogP contribution in [0.5, 0.6) is 5.75 Å². The normalized spacial score (nSPS) is 16.8. The number of anilines is 3. The number of nitrogens with two attached hydrogens (primary N) is 1. The van der Waals surface area contributed by atoms with E-state index in [9.17, 15) is 4.91 Å². The number of aromatic nitrogens is 2. The van der Waals surface area contributed by atoms with Crippen LogP contribution in [-0.2, 0) is 11.3 Å². The van der Waals surface area contributed by atoms with Crippen molar-refractivity contribution >= 4 is 40.0 Å². The van der Waals surface area contributed by atoms with Crippen LogP contribution >= 0.6 is 0 Å². The minimum atomic E-state index is 0.0648. The monoisotopic (exact) mass is 516 g/mol. The van der Waals surface area contributed by atoms with Gasteiger partial charge in [0.05, 0.1) is 13.2 Å². The predicted molar refractivity (Wildman–Crippen MR) is 149 cm³/mol. The van der Waals surface area contributed by atoms with Gasteiger partial charge in [-0.3, -0.25) is 0 Å². The molecule has 0 saturated carbocycles. The van der Waals surface area contributed by atoms with Gasteiger partial charge in [0.25, 0.3) is 0 Å². The molecule has 198 valence electrons. The molecule has 11 nitrogen and oxygen atoms in total. The third kappa shape index (κ3) is 5.90. The van der Waals surface area contributed by atoms with Gasteiger partial charge in [-0.1, -0.05) is 5.18 Å². The number of fused-ring (bicyclic) bond motifs is 1.